The van der Waals surface area contributed by atoms with Gasteiger partial charge in [-0.3, -0.25) is 14.4 Å². The average molecular weight is 843 g/mol. The Hall–Kier alpha value is -4.30. The van der Waals surface area contributed by atoms with E-state index >= 15 is 0 Å². The van der Waals surface area contributed by atoms with Crippen LogP contribution in [-0.2, 0) is 28.6 Å². The molecule has 1 aromatic heterocycles. The molecule has 0 aliphatic heterocycles. The summed E-state index contributed by atoms with van der Waals surface area (Å²) in [6.07, 6.45) is 27.3. The van der Waals surface area contributed by atoms with Crippen LogP contribution in [0, 0.1) is 5.41 Å². The third kappa shape index (κ3) is 28.2. The molecular formula is C44H66N4O8S2. The van der Waals surface area contributed by atoms with E-state index in [1.165, 1.54) is 12.3 Å². The van der Waals surface area contributed by atoms with Gasteiger partial charge < -0.3 is 30.2 Å². The molecule has 3 amide bonds. The van der Waals surface area contributed by atoms with Gasteiger partial charge in [-0.25, -0.2) is 14.6 Å². The van der Waals surface area contributed by atoms with Crippen LogP contribution in [0.1, 0.15) is 110 Å². The fourth-order valence-electron chi connectivity index (χ4n) is 4.71. The summed E-state index contributed by atoms with van der Waals surface area (Å²) in [6, 6.07) is 4.76. The predicted molar refractivity (Wildman–Crippen MR) is 236 cm³/mol. The van der Waals surface area contributed by atoms with Crippen LogP contribution < -0.4 is 16.0 Å². The first-order valence-corrected chi connectivity index (χ1v) is 22.5. The zero-order valence-corrected chi connectivity index (χ0v) is 36.9. The van der Waals surface area contributed by atoms with Crippen molar-refractivity contribution in [1.29, 1.82) is 0 Å². The minimum atomic E-state index is -1.34. The Balaban J connectivity index is 2.46. The molecule has 0 bridgehead atoms. The first-order valence-electron chi connectivity index (χ1n) is 20.0. The maximum absolute atomic E-state index is 13.4. The molecule has 0 aliphatic carbocycles. The van der Waals surface area contributed by atoms with Crippen molar-refractivity contribution in [2.45, 2.75) is 111 Å². The molecule has 322 valence electrons. The van der Waals surface area contributed by atoms with E-state index in [2.05, 4.69) is 82.5 Å². The number of allylic oxidation sites excluding steroid dienone is 10. The van der Waals surface area contributed by atoms with E-state index in [9.17, 15) is 24.0 Å². The molecule has 0 fully saturated rings. The van der Waals surface area contributed by atoms with E-state index in [0.717, 1.165) is 38.5 Å². The number of amides is 3. The van der Waals surface area contributed by atoms with Crippen LogP contribution >= 0.6 is 21.6 Å². The second kappa shape index (κ2) is 31.7. The molecule has 12 nitrogen and oxygen atoms in total. The third-order valence-electron chi connectivity index (χ3n) is 7.66. The van der Waals surface area contributed by atoms with Crippen LogP contribution in [0.3, 0.4) is 0 Å². The SMILES string of the molecule is CC/C=C\C/C=C\C/C=C\C/C=C\C/C=C\CCCC(=O)OCC(C)(C)[C@@H](OC(=O)c1ccccn1)C(=O)NCCC(=O)NCCSSCCNC(=O)OC(C)(C)C. The van der Waals surface area contributed by atoms with Gasteiger partial charge in [-0.05, 0) is 77.8 Å². The van der Waals surface area contributed by atoms with Crippen molar-refractivity contribution in [3.8, 4) is 0 Å². The Morgan fingerprint density at radius 3 is 1.90 bits per heavy atom. The van der Waals surface area contributed by atoms with Crippen molar-refractivity contribution < 1.29 is 38.2 Å². The van der Waals surface area contributed by atoms with Gasteiger partial charge in [-0.1, -0.05) is 109 Å². The highest BCUT2D eigenvalue weighted by molar-refractivity contribution is 8.76. The molecule has 0 aliphatic rings. The Kier molecular flexibility index (Phi) is 28.2. The first kappa shape index (κ1) is 51.7. The van der Waals surface area contributed by atoms with Gasteiger partial charge >= 0.3 is 18.0 Å². The minimum absolute atomic E-state index is 0.00615. The van der Waals surface area contributed by atoms with Crippen LogP contribution in [0.2, 0.25) is 0 Å². The molecule has 0 unspecified atom stereocenters. The zero-order chi connectivity index (χ0) is 42.9. The maximum atomic E-state index is 13.4. The van der Waals surface area contributed by atoms with E-state index in [4.69, 9.17) is 14.2 Å². The molecule has 14 heteroatoms. The fourth-order valence-corrected chi connectivity index (χ4v) is 6.52. The highest BCUT2D eigenvalue weighted by Crippen LogP contribution is 2.26. The molecule has 0 saturated carbocycles. The predicted octanol–water partition coefficient (Wildman–Crippen LogP) is 8.63. The number of carbonyl (C=O) groups excluding carboxylic acids is 5. The van der Waals surface area contributed by atoms with Crippen molar-refractivity contribution in [3.63, 3.8) is 0 Å². The van der Waals surface area contributed by atoms with Gasteiger partial charge in [0.25, 0.3) is 5.91 Å². The summed E-state index contributed by atoms with van der Waals surface area (Å²) in [5.41, 5.74) is -1.63. The molecule has 1 aromatic rings. The van der Waals surface area contributed by atoms with Crippen molar-refractivity contribution in [2.75, 3.05) is 37.7 Å². The smallest absolute Gasteiger partial charge is 0.407 e. The lowest BCUT2D eigenvalue weighted by molar-refractivity contribution is -0.153. The van der Waals surface area contributed by atoms with Crippen molar-refractivity contribution in [2.24, 2.45) is 5.41 Å². The Labute approximate surface area is 354 Å². The van der Waals surface area contributed by atoms with E-state index in [0.29, 0.717) is 31.0 Å². The largest absolute Gasteiger partial charge is 0.465 e. The Bertz CT molecular complexity index is 1500. The summed E-state index contributed by atoms with van der Waals surface area (Å²) < 4.78 is 16.4. The van der Waals surface area contributed by atoms with Gasteiger partial charge in [-0.2, -0.15) is 0 Å². The number of nitrogens with zero attached hydrogens (tertiary/aromatic N) is 1. The van der Waals surface area contributed by atoms with E-state index in [1.54, 1.807) is 68.3 Å². The van der Waals surface area contributed by atoms with Crippen molar-refractivity contribution in [3.05, 3.63) is 90.9 Å². The summed E-state index contributed by atoms with van der Waals surface area (Å²) >= 11 is 0. The summed E-state index contributed by atoms with van der Waals surface area (Å²) in [5.74, 6) is -0.762. The van der Waals surface area contributed by atoms with Gasteiger partial charge in [0.2, 0.25) is 5.91 Å². The topological polar surface area (TPSA) is 162 Å². The van der Waals surface area contributed by atoms with Gasteiger partial charge in [0.15, 0.2) is 6.10 Å². The Morgan fingerprint density at radius 1 is 0.741 bits per heavy atom. The number of rotatable bonds is 29. The van der Waals surface area contributed by atoms with Gasteiger partial charge in [-0.15, -0.1) is 0 Å². The summed E-state index contributed by atoms with van der Waals surface area (Å²) in [6.45, 7) is 11.6. The van der Waals surface area contributed by atoms with Crippen molar-refractivity contribution in [1.82, 2.24) is 20.9 Å². The van der Waals surface area contributed by atoms with Crippen LogP contribution in [0.15, 0.2) is 85.2 Å². The molecule has 0 saturated heterocycles. The number of hydrogen-bond acceptors (Lipinski definition) is 11. The number of alkyl carbamates (subject to hydrolysis) is 1. The normalized spacial score (nSPS) is 12.7. The molecule has 0 radical (unpaired) electrons. The lowest BCUT2D eigenvalue weighted by atomic mass is 9.86. The fraction of sp³-hybridized carbons (Fsp3) is 0.545. The number of unbranched alkanes of at least 4 members (excludes halogenated alkanes) is 1. The molecule has 1 heterocycles. The quantitative estimate of drug-likeness (QED) is 0.0233. The summed E-state index contributed by atoms with van der Waals surface area (Å²) in [7, 11) is 3.13. The van der Waals surface area contributed by atoms with E-state index in [1.807, 2.05) is 6.08 Å². The molecular weight excluding hydrogens is 777 g/mol. The van der Waals surface area contributed by atoms with Crippen LogP contribution in [0.25, 0.3) is 0 Å². The zero-order valence-electron chi connectivity index (χ0n) is 35.3. The number of hydrogen-bond donors (Lipinski definition) is 3. The second-order valence-electron chi connectivity index (χ2n) is 14.7. The average Bonchev–Trinajstić information content (AvgIpc) is 3.17. The van der Waals surface area contributed by atoms with Gasteiger partial charge in [0.1, 0.15) is 17.9 Å². The lowest BCUT2D eigenvalue weighted by Crippen LogP contribution is -2.49. The molecule has 0 aromatic carbocycles. The monoisotopic (exact) mass is 842 g/mol. The number of aromatic nitrogens is 1. The number of ether oxygens (including phenoxy) is 3. The first-order chi connectivity index (χ1) is 27.7. The Morgan fingerprint density at radius 2 is 1.33 bits per heavy atom. The summed E-state index contributed by atoms with van der Waals surface area (Å²) in [5, 5.41) is 8.19. The molecule has 1 rings (SSSR count). The standard InChI is InChI=1S/C44H66N4O8S2/c1-7-8-9-10-11-12-13-14-15-16-17-18-19-20-21-22-23-27-38(50)54-35-44(5,6)39(55-41(52)36-26-24-25-29-45-36)40(51)47-30-28-37(49)46-31-33-57-58-34-32-48-42(53)56-43(2,3)4/h8-9,11-12,14-15,17-18,20-21,24-26,29,39H,7,10,13,16,19,22-23,27-28,30-35H2,1-6H3,(H,46,49)(H,47,51)(H,48,53)/b9-8-,12-11-,15-14-,18-17-,21-20-/t39-/m0/s1. The highest BCUT2D eigenvalue weighted by atomic mass is 33.1. The summed E-state index contributed by atoms with van der Waals surface area (Å²) in [4.78, 5) is 67.1. The lowest BCUT2D eigenvalue weighted by Gasteiger charge is -2.32. The third-order valence-corrected chi connectivity index (χ3v) is 10.1. The number of carbonyl (C=O) groups is 5. The van der Waals surface area contributed by atoms with Gasteiger partial charge in [0.05, 0.1) is 0 Å². The molecule has 3 N–H and O–H groups in total. The van der Waals surface area contributed by atoms with Crippen LogP contribution in [0.5, 0.6) is 0 Å². The second-order valence-corrected chi connectivity index (χ2v) is 17.4. The number of nitrogens with one attached hydrogen (secondary N) is 3. The molecule has 0 spiro atoms. The highest BCUT2D eigenvalue weighted by Gasteiger charge is 2.40. The van der Waals surface area contributed by atoms with E-state index < -0.39 is 41.1 Å². The molecule has 58 heavy (non-hydrogen) atoms. The number of esters is 2. The van der Waals surface area contributed by atoms with E-state index in [-0.39, 0.29) is 37.6 Å². The molecule has 1 atom stereocenters. The van der Waals surface area contributed by atoms with Crippen LogP contribution in [-0.4, -0.2) is 84.3 Å². The number of pyridine rings is 1. The minimum Gasteiger partial charge on any atom is -0.465 e. The van der Waals surface area contributed by atoms with Crippen molar-refractivity contribution >= 4 is 51.4 Å². The van der Waals surface area contributed by atoms with Gasteiger partial charge in [0, 0.05) is 55.6 Å². The van der Waals surface area contributed by atoms with Crippen LogP contribution in [0.4, 0.5) is 4.79 Å². The maximum Gasteiger partial charge on any atom is 0.407 e.